The van der Waals surface area contributed by atoms with E-state index < -0.39 is 11.9 Å². The van der Waals surface area contributed by atoms with Gasteiger partial charge in [-0.05, 0) is 13.0 Å². The molecule has 1 aromatic rings. The highest BCUT2D eigenvalue weighted by atomic mass is 16.5. The SMILES string of the molecule is CCOC(=O)c1cc(C(=O)CCC(=O)O)c[nH]1. The molecule has 0 aliphatic carbocycles. The van der Waals surface area contributed by atoms with E-state index in [4.69, 9.17) is 9.84 Å². The van der Waals surface area contributed by atoms with Gasteiger partial charge in [-0.3, -0.25) is 9.59 Å². The van der Waals surface area contributed by atoms with Gasteiger partial charge in [0.15, 0.2) is 5.78 Å². The number of aromatic nitrogens is 1. The Kier molecular flexibility index (Phi) is 4.45. The van der Waals surface area contributed by atoms with Crippen molar-refractivity contribution in [2.75, 3.05) is 6.61 Å². The van der Waals surface area contributed by atoms with Crippen LogP contribution in [0.2, 0.25) is 0 Å². The van der Waals surface area contributed by atoms with Crippen LogP contribution in [-0.4, -0.2) is 34.4 Å². The summed E-state index contributed by atoms with van der Waals surface area (Å²) in [6.07, 6.45) is 1.06. The third-order valence-corrected chi connectivity index (χ3v) is 2.07. The van der Waals surface area contributed by atoms with Gasteiger partial charge in [-0.25, -0.2) is 4.79 Å². The highest BCUT2D eigenvalue weighted by Gasteiger charge is 2.14. The van der Waals surface area contributed by atoms with Crippen LogP contribution >= 0.6 is 0 Å². The molecule has 0 aromatic carbocycles. The number of Topliss-reactive ketones (excluding diaryl/α,β-unsaturated/α-hetero) is 1. The molecule has 92 valence electrons. The van der Waals surface area contributed by atoms with Crippen molar-refractivity contribution in [2.24, 2.45) is 0 Å². The van der Waals surface area contributed by atoms with Crippen molar-refractivity contribution in [2.45, 2.75) is 19.8 Å². The van der Waals surface area contributed by atoms with Crippen LogP contribution < -0.4 is 0 Å². The maximum atomic E-state index is 11.5. The van der Waals surface area contributed by atoms with Crippen LogP contribution in [0.5, 0.6) is 0 Å². The lowest BCUT2D eigenvalue weighted by atomic mass is 10.1. The third-order valence-electron chi connectivity index (χ3n) is 2.07. The highest BCUT2D eigenvalue weighted by Crippen LogP contribution is 2.09. The molecule has 0 aliphatic rings. The fourth-order valence-corrected chi connectivity index (χ4v) is 1.25. The van der Waals surface area contributed by atoms with E-state index in [0.29, 0.717) is 0 Å². The van der Waals surface area contributed by atoms with Gasteiger partial charge in [-0.2, -0.15) is 0 Å². The van der Waals surface area contributed by atoms with E-state index in [2.05, 4.69) is 4.98 Å². The van der Waals surface area contributed by atoms with E-state index in [1.807, 2.05) is 0 Å². The van der Waals surface area contributed by atoms with Crippen molar-refractivity contribution in [3.05, 3.63) is 23.5 Å². The van der Waals surface area contributed by atoms with Crippen LogP contribution in [-0.2, 0) is 9.53 Å². The number of carbonyl (C=O) groups is 3. The molecule has 0 unspecified atom stereocenters. The Morgan fingerprint density at radius 3 is 2.65 bits per heavy atom. The van der Waals surface area contributed by atoms with Gasteiger partial charge < -0.3 is 14.8 Å². The van der Waals surface area contributed by atoms with Crippen molar-refractivity contribution in [3.63, 3.8) is 0 Å². The second-order valence-corrected chi connectivity index (χ2v) is 3.34. The molecule has 0 fully saturated rings. The molecule has 1 aromatic heterocycles. The second kappa shape index (κ2) is 5.83. The molecule has 0 saturated heterocycles. The molecule has 2 N–H and O–H groups in total. The topological polar surface area (TPSA) is 96.5 Å². The quantitative estimate of drug-likeness (QED) is 0.575. The first-order chi connectivity index (χ1) is 8.04. The van der Waals surface area contributed by atoms with Crippen molar-refractivity contribution in [1.29, 1.82) is 0 Å². The smallest absolute Gasteiger partial charge is 0.354 e. The number of H-pyrrole nitrogens is 1. The van der Waals surface area contributed by atoms with Gasteiger partial charge >= 0.3 is 11.9 Å². The van der Waals surface area contributed by atoms with Crippen LogP contribution in [0, 0.1) is 0 Å². The molecule has 0 atom stereocenters. The molecule has 0 aliphatic heterocycles. The number of aromatic amines is 1. The molecule has 0 bridgehead atoms. The Bertz CT molecular complexity index is 435. The summed E-state index contributed by atoms with van der Waals surface area (Å²) in [6.45, 7) is 1.93. The van der Waals surface area contributed by atoms with Crippen LogP contribution in [0.4, 0.5) is 0 Å². The summed E-state index contributed by atoms with van der Waals surface area (Å²) in [5.41, 5.74) is 0.472. The number of carbonyl (C=O) groups excluding carboxylic acids is 2. The summed E-state index contributed by atoms with van der Waals surface area (Å²) >= 11 is 0. The molecular formula is C11H13NO5. The predicted molar refractivity (Wildman–Crippen MR) is 57.9 cm³/mol. The van der Waals surface area contributed by atoms with E-state index in [9.17, 15) is 14.4 Å². The zero-order chi connectivity index (χ0) is 12.8. The molecule has 1 heterocycles. The van der Waals surface area contributed by atoms with Gasteiger partial charge in [-0.15, -0.1) is 0 Å². The lowest BCUT2D eigenvalue weighted by Gasteiger charge is -1.97. The maximum Gasteiger partial charge on any atom is 0.354 e. The number of carboxylic acids is 1. The largest absolute Gasteiger partial charge is 0.481 e. The molecule has 1 rings (SSSR count). The Labute approximate surface area is 97.6 Å². The average molecular weight is 239 g/mol. The Hall–Kier alpha value is -2.11. The first-order valence-corrected chi connectivity index (χ1v) is 5.15. The number of carboxylic acid groups (broad SMARTS) is 1. The van der Waals surface area contributed by atoms with Crippen LogP contribution in [0.25, 0.3) is 0 Å². The average Bonchev–Trinajstić information content (AvgIpc) is 2.75. The second-order valence-electron chi connectivity index (χ2n) is 3.34. The van der Waals surface area contributed by atoms with Gasteiger partial charge in [0.2, 0.25) is 0 Å². The molecule has 6 heteroatoms. The number of ketones is 1. The monoisotopic (exact) mass is 239 g/mol. The van der Waals surface area contributed by atoms with Gasteiger partial charge in [-0.1, -0.05) is 0 Å². The van der Waals surface area contributed by atoms with Gasteiger partial charge in [0.25, 0.3) is 0 Å². The van der Waals surface area contributed by atoms with Crippen molar-refractivity contribution >= 4 is 17.7 Å². The molecule has 6 nitrogen and oxygen atoms in total. The molecule has 0 spiro atoms. The Balaban J connectivity index is 2.64. The summed E-state index contributed by atoms with van der Waals surface area (Å²) < 4.78 is 4.74. The summed E-state index contributed by atoms with van der Waals surface area (Å²) in [5, 5.41) is 8.44. The first kappa shape index (κ1) is 13.0. The fraction of sp³-hybridized carbons (Fsp3) is 0.364. The van der Waals surface area contributed by atoms with E-state index in [0.717, 1.165) is 0 Å². The van der Waals surface area contributed by atoms with Crippen molar-refractivity contribution < 1.29 is 24.2 Å². The zero-order valence-electron chi connectivity index (χ0n) is 9.36. The van der Waals surface area contributed by atoms with E-state index in [-0.39, 0.29) is 36.5 Å². The first-order valence-electron chi connectivity index (χ1n) is 5.15. The number of nitrogens with one attached hydrogen (secondary N) is 1. The third kappa shape index (κ3) is 3.75. The van der Waals surface area contributed by atoms with Crippen molar-refractivity contribution in [1.82, 2.24) is 4.98 Å². The summed E-state index contributed by atoms with van der Waals surface area (Å²) in [4.78, 5) is 35.7. The standard InChI is InChI=1S/C11H13NO5/c1-2-17-11(16)8-5-7(6-12-8)9(13)3-4-10(14)15/h5-6,12H,2-4H2,1H3,(H,14,15). The van der Waals surface area contributed by atoms with Crippen molar-refractivity contribution in [3.8, 4) is 0 Å². The van der Waals surface area contributed by atoms with E-state index in [1.54, 1.807) is 6.92 Å². The number of esters is 1. The molecule has 0 amide bonds. The maximum absolute atomic E-state index is 11.5. The molecule has 17 heavy (non-hydrogen) atoms. The minimum atomic E-state index is -1.03. The van der Waals surface area contributed by atoms with Gasteiger partial charge in [0.1, 0.15) is 5.69 Å². The lowest BCUT2D eigenvalue weighted by Crippen LogP contribution is -2.05. The Morgan fingerprint density at radius 2 is 2.06 bits per heavy atom. The summed E-state index contributed by atoms with van der Waals surface area (Å²) in [7, 11) is 0. The Morgan fingerprint density at radius 1 is 1.35 bits per heavy atom. The van der Waals surface area contributed by atoms with Gasteiger partial charge in [0, 0.05) is 18.2 Å². The summed E-state index contributed by atoms with van der Waals surface area (Å²) in [6, 6.07) is 1.36. The normalized spacial score (nSPS) is 9.94. The minimum absolute atomic E-state index is 0.0878. The molecule has 0 radical (unpaired) electrons. The molecular weight excluding hydrogens is 226 g/mol. The number of rotatable bonds is 6. The number of ether oxygens (including phenoxy) is 1. The van der Waals surface area contributed by atoms with E-state index >= 15 is 0 Å². The molecule has 0 saturated carbocycles. The highest BCUT2D eigenvalue weighted by molar-refractivity contribution is 5.99. The van der Waals surface area contributed by atoms with E-state index in [1.165, 1.54) is 12.3 Å². The minimum Gasteiger partial charge on any atom is -0.481 e. The number of aliphatic carboxylic acids is 1. The zero-order valence-corrected chi connectivity index (χ0v) is 9.36. The van der Waals surface area contributed by atoms with Crippen LogP contribution in [0.15, 0.2) is 12.3 Å². The predicted octanol–water partition coefficient (Wildman–Crippen LogP) is 1.24. The van der Waals surface area contributed by atoms with Crippen LogP contribution in [0.1, 0.15) is 40.6 Å². The van der Waals surface area contributed by atoms with Crippen LogP contribution in [0.3, 0.4) is 0 Å². The number of hydrogen-bond donors (Lipinski definition) is 2. The lowest BCUT2D eigenvalue weighted by molar-refractivity contribution is -0.136. The fourth-order valence-electron chi connectivity index (χ4n) is 1.25. The van der Waals surface area contributed by atoms with Gasteiger partial charge in [0.05, 0.1) is 13.0 Å². The summed E-state index contributed by atoms with van der Waals surface area (Å²) in [5.74, 6) is -1.89. The number of hydrogen-bond acceptors (Lipinski definition) is 4.